The molecule has 0 aromatic carbocycles. The molecule has 0 amide bonds. The molecule has 0 atom stereocenters. The van der Waals surface area contributed by atoms with Crippen molar-refractivity contribution >= 4 is 5.57 Å². The van der Waals surface area contributed by atoms with Crippen molar-refractivity contribution in [3.05, 3.63) is 53.9 Å². The summed E-state index contributed by atoms with van der Waals surface area (Å²) >= 11 is 0. The summed E-state index contributed by atoms with van der Waals surface area (Å²) in [5.74, 6) is 0. The highest BCUT2D eigenvalue weighted by Gasteiger charge is 2.06. The highest BCUT2D eigenvalue weighted by molar-refractivity contribution is 5.76. The Morgan fingerprint density at radius 2 is 2.07 bits per heavy atom. The molecule has 1 heterocycles. The lowest BCUT2D eigenvalue weighted by molar-refractivity contribution is 0.867. The summed E-state index contributed by atoms with van der Waals surface area (Å²) in [4.78, 5) is 0. The van der Waals surface area contributed by atoms with Gasteiger partial charge in [0, 0.05) is 24.0 Å². The van der Waals surface area contributed by atoms with Gasteiger partial charge >= 0.3 is 0 Å². The minimum Gasteiger partial charge on any atom is -0.348 e. The number of nitrogens with zero attached hydrogens (tertiary/aromatic N) is 1. The molecule has 15 heavy (non-hydrogen) atoms. The molecule has 0 aliphatic carbocycles. The maximum atomic E-state index is 3.82. The van der Waals surface area contributed by atoms with Gasteiger partial charge in [-0.15, -0.1) is 0 Å². The first kappa shape index (κ1) is 11.6. The molecule has 0 aliphatic rings. The molecule has 0 N–H and O–H groups in total. The zero-order valence-electron chi connectivity index (χ0n) is 10.0. The number of hydrogen-bond acceptors (Lipinski definition) is 0. The van der Waals surface area contributed by atoms with E-state index in [9.17, 15) is 0 Å². The van der Waals surface area contributed by atoms with E-state index < -0.39 is 0 Å². The maximum Gasteiger partial charge on any atom is 0.0482 e. The average Bonchev–Trinajstić information content (AvgIpc) is 2.56. The van der Waals surface area contributed by atoms with Gasteiger partial charge in [0.05, 0.1) is 0 Å². The monoisotopic (exact) mass is 201 g/mol. The molecule has 0 radical (unpaired) electrons. The minimum atomic E-state index is 1.20. The van der Waals surface area contributed by atoms with Crippen LogP contribution in [0.3, 0.4) is 0 Å². The first-order chi connectivity index (χ1) is 7.11. The maximum absolute atomic E-state index is 3.82. The molecular weight excluding hydrogens is 182 g/mol. The third kappa shape index (κ3) is 2.30. The van der Waals surface area contributed by atoms with Crippen molar-refractivity contribution in [1.29, 1.82) is 0 Å². The Bertz CT molecular complexity index is 417. The molecule has 80 valence electrons. The molecule has 0 saturated heterocycles. The highest BCUT2D eigenvalue weighted by atomic mass is 14.9. The normalized spacial score (nSPS) is 13.1. The molecule has 0 fully saturated rings. The van der Waals surface area contributed by atoms with Crippen molar-refractivity contribution in [2.75, 3.05) is 0 Å². The Morgan fingerprint density at radius 3 is 2.47 bits per heavy atom. The van der Waals surface area contributed by atoms with E-state index in [1.165, 1.54) is 22.5 Å². The van der Waals surface area contributed by atoms with Gasteiger partial charge in [-0.05, 0) is 38.5 Å². The Hall–Kier alpha value is -1.50. The number of aryl methyl sites for hydroxylation is 1. The van der Waals surface area contributed by atoms with Crippen LogP contribution in [-0.2, 0) is 7.05 Å². The Morgan fingerprint density at radius 1 is 1.40 bits per heavy atom. The van der Waals surface area contributed by atoms with E-state index in [1.807, 2.05) is 13.0 Å². The van der Waals surface area contributed by atoms with Crippen LogP contribution in [0.5, 0.6) is 0 Å². The second-order valence-corrected chi connectivity index (χ2v) is 3.72. The van der Waals surface area contributed by atoms with Crippen LogP contribution >= 0.6 is 0 Å². The molecule has 0 bridgehead atoms. The second kappa shape index (κ2) is 4.83. The van der Waals surface area contributed by atoms with Crippen molar-refractivity contribution in [3.63, 3.8) is 0 Å². The summed E-state index contributed by atoms with van der Waals surface area (Å²) in [6, 6.07) is 4.28. The van der Waals surface area contributed by atoms with E-state index >= 15 is 0 Å². The number of aromatic nitrogens is 1. The predicted octanol–water partition coefficient (Wildman–Crippen LogP) is 3.87. The summed E-state index contributed by atoms with van der Waals surface area (Å²) in [6.45, 7) is 10.1. The highest BCUT2D eigenvalue weighted by Crippen LogP contribution is 2.22. The first-order valence-electron chi connectivity index (χ1n) is 5.20. The quantitative estimate of drug-likeness (QED) is 0.654. The van der Waals surface area contributed by atoms with E-state index in [2.05, 4.69) is 56.3 Å². The summed E-state index contributed by atoms with van der Waals surface area (Å²) in [6.07, 6.45) is 6.09. The Labute approximate surface area is 92.4 Å². The predicted molar refractivity (Wildman–Crippen MR) is 67.8 cm³/mol. The van der Waals surface area contributed by atoms with Crippen LogP contribution < -0.4 is 0 Å². The fourth-order valence-corrected chi connectivity index (χ4v) is 1.58. The van der Waals surface area contributed by atoms with E-state index in [4.69, 9.17) is 0 Å². The van der Waals surface area contributed by atoms with E-state index in [1.54, 1.807) is 0 Å². The van der Waals surface area contributed by atoms with E-state index in [0.717, 1.165) is 0 Å². The van der Waals surface area contributed by atoms with E-state index in [-0.39, 0.29) is 0 Å². The smallest absolute Gasteiger partial charge is 0.0482 e. The molecule has 1 rings (SSSR count). The van der Waals surface area contributed by atoms with Gasteiger partial charge in [0.1, 0.15) is 0 Å². The zero-order chi connectivity index (χ0) is 11.4. The van der Waals surface area contributed by atoms with Crippen LogP contribution in [0.1, 0.15) is 25.2 Å². The van der Waals surface area contributed by atoms with Crippen LogP contribution in [0, 0.1) is 6.92 Å². The lowest BCUT2D eigenvalue weighted by Crippen LogP contribution is -1.97. The second-order valence-electron chi connectivity index (χ2n) is 3.72. The van der Waals surface area contributed by atoms with Gasteiger partial charge in [-0.25, -0.2) is 0 Å². The van der Waals surface area contributed by atoms with Gasteiger partial charge in [0.25, 0.3) is 0 Å². The molecule has 1 aromatic rings. The fourth-order valence-electron chi connectivity index (χ4n) is 1.58. The van der Waals surface area contributed by atoms with Crippen LogP contribution in [-0.4, -0.2) is 4.57 Å². The molecule has 1 aromatic heterocycles. The summed E-state index contributed by atoms with van der Waals surface area (Å²) in [7, 11) is 2.09. The third-order valence-corrected chi connectivity index (χ3v) is 2.71. The summed E-state index contributed by atoms with van der Waals surface area (Å²) in [5.41, 5.74) is 4.95. The van der Waals surface area contributed by atoms with Crippen molar-refractivity contribution in [2.45, 2.75) is 20.8 Å². The molecule has 1 nitrogen and oxygen atoms in total. The SMILES string of the molecule is C=C/C(C)=C(\C=C/C)c1ccc(C)n1C. The molecule has 0 aliphatic heterocycles. The van der Waals surface area contributed by atoms with Crippen LogP contribution in [0.15, 0.2) is 42.5 Å². The van der Waals surface area contributed by atoms with Gasteiger partial charge in [-0.2, -0.15) is 0 Å². The lowest BCUT2D eigenvalue weighted by atomic mass is 10.1. The first-order valence-corrected chi connectivity index (χ1v) is 5.20. The molecule has 1 heteroatoms. The van der Waals surface area contributed by atoms with Crippen molar-refractivity contribution in [3.8, 4) is 0 Å². The Kier molecular flexibility index (Phi) is 3.73. The average molecular weight is 201 g/mol. The summed E-state index contributed by atoms with van der Waals surface area (Å²) in [5, 5.41) is 0. The van der Waals surface area contributed by atoms with Crippen molar-refractivity contribution < 1.29 is 0 Å². The topological polar surface area (TPSA) is 4.93 Å². The van der Waals surface area contributed by atoms with Gasteiger partial charge in [0.2, 0.25) is 0 Å². The number of allylic oxidation sites excluding steroid dienone is 5. The van der Waals surface area contributed by atoms with Crippen molar-refractivity contribution in [1.82, 2.24) is 4.57 Å². The van der Waals surface area contributed by atoms with E-state index in [0.29, 0.717) is 0 Å². The molecule has 0 spiro atoms. The van der Waals surface area contributed by atoms with Gasteiger partial charge in [-0.1, -0.05) is 24.8 Å². The fraction of sp³-hybridized carbons (Fsp3) is 0.286. The largest absolute Gasteiger partial charge is 0.348 e. The molecular formula is C14H19N. The van der Waals surface area contributed by atoms with Gasteiger partial charge in [0.15, 0.2) is 0 Å². The van der Waals surface area contributed by atoms with Crippen LogP contribution in [0.4, 0.5) is 0 Å². The summed E-state index contributed by atoms with van der Waals surface area (Å²) < 4.78 is 2.20. The number of hydrogen-bond donors (Lipinski definition) is 0. The minimum absolute atomic E-state index is 1.20. The van der Waals surface area contributed by atoms with Gasteiger partial charge < -0.3 is 4.57 Å². The van der Waals surface area contributed by atoms with Gasteiger partial charge in [-0.3, -0.25) is 0 Å². The number of rotatable bonds is 3. The molecule has 0 saturated carbocycles. The zero-order valence-corrected chi connectivity index (χ0v) is 10.0. The third-order valence-electron chi connectivity index (χ3n) is 2.71. The standard InChI is InChI=1S/C14H19N/c1-6-8-13(11(3)7-2)14-10-9-12(4)15(14)5/h6-10H,2H2,1,3-5H3/b8-6-,13-11+. The lowest BCUT2D eigenvalue weighted by Gasteiger charge is -2.08. The van der Waals surface area contributed by atoms with Crippen LogP contribution in [0.2, 0.25) is 0 Å². The Balaban J connectivity index is 3.34. The molecule has 0 unspecified atom stereocenters. The van der Waals surface area contributed by atoms with Crippen LogP contribution in [0.25, 0.3) is 5.57 Å². The van der Waals surface area contributed by atoms with Crippen molar-refractivity contribution in [2.24, 2.45) is 7.05 Å².